The van der Waals surface area contributed by atoms with Gasteiger partial charge in [-0.25, -0.2) is 0 Å². The molecular formula is C70H131NO19. The van der Waals surface area contributed by atoms with Crippen molar-refractivity contribution in [3.8, 4) is 0 Å². The minimum absolute atomic E-state index is 0.0117. The van der Waals surface area contributed by atoms with E-state index in [1.165, 1.54) is 122 Å². The van der Waals surface area contributed by atoms with E-state index in [2.05, 4.69) is 43.5 Å². The number of esters is 2. The minimum Gasteiger partial charge on any atom is -0.466 e. The summed E-state index contributed by atoms with van der Waals surface area (Å²) in [6.45, 7) is 15.4. The van der Waals surface area contributed by atoms with E-state index in [1.807, 2.05) is 0 Å². The summed E-state index contributed by atoms with van der Waals surface area (Å²) in [5.74, 6) is -2.09. The zero-order valence-electron chi connectivity index (χ0n) is 57.2. The Morgan fingerprint density at radius 2 is 0.589 bits per heavy atom. The van der Waals surface area contributed by atoms with Crippen LogP contribution in [-0.2, 0) is 90.2 Å². The molecule has 0 bridgehead atoms. The van der Waals surface area contributed by atoms with Gasteiger partial charge in [0.25, 0.3) is 0 Å². The summed E-state index contributed by atoms with van der Waals surface area (Å²) in [6.07, 6.45) is 42.1. The summed E-state index contributed by atoms with van der Waals surface area (Å²) in [4.78, 5) is 51.7. The maximum atomic E-state index is 13.3. The SMILES string of the molecule is CCCCCCCC/C=C/CCCCCCCCOCC(=O)[C@H](CC(=O)OCCCCCCCC/C=C/CCCCCCCC)NC(=O)CCC(=O)OCCOCCOCCOCCOCCOCCOCCOCCOCCOCCOCCOCCOC. The van der Waals surface area contributed by atoms with Gasteiger partial charge in [0.05, 0.1) is 171 Å². The van der Waals surface area contributed by atoms with Crippen LogP contribution in [0.15, 0.2) is 24.3 Å². The molecule has 0 radical (unpaired) electrons. The standard InChI is InChI=1S/C70H131NO19/c1-4-6-8-10-12-14-16-18-20-22-24-26-28-30-32-34-38-88-65-67(72)66(64-70(75)89-39-35-33-31-29-27-25-23-21-19-17-15-13-11-9-7-5-2)71-68(73)36-37-69(74)90-63-62-87-61-60-86-59-58-85-57-56-84-55-54-83-53-52-82-51-50-81-49-48-80-47-46-79-45-44-78-43-42-77-41-40-76-3/h18-21,66H,4-17,22-65H2,1-3H3,(H,71,73)/b20-18+,21-19+/t66-/m0/s1. The molecule has 0 heterocycles. The van der Waals surface area contributed by atoms with Gasteiger partial charge in [0.2, 0.25) is 5.91 Å². The third-order valence-electron chi connectivity index (χ3n) is 14.3. The largest absolute Gasteiger partial charge is 0.466 e. The van der Waals surface area contributed by atoms with Crippen molar-refractivity contribution in [2.24, 2.45) is 0 Å². The first kappa shape index (κ1) is 87.0. The molecule has 0 saturated carbocycles. The van der Waals surface area contributed by atoms with Crippen LogP contribution in [0.25, 0.3) is 0 Å². The molecule has 0 unspecified atom stereocenters. The van der Waals surface area contributed by atoms with E-state index in [0.717, 1.165) is 57.8 Å². The molecule has 90 heavy (non-hydrogen) atoms. The fourth-order valence-corrected chi connectivity index (χ4v) is 8.94. The van der Waals surface area contributed by atoms with Gasteiger partial charge in [0.15, 0.2) is 5.78 Å². The Morgan fingerprint density at radius 3 is 0.933 bits per heavy atom. The van der Waals surface area contributed by atoms with E-state index in [4.69, 9.17) is 71.1 Å². The summed E-state index contributed by atoms with van der Waals surface area (Å²) in [7, 11) is 1.64. The monoisotopic (exact) mass is 1290 g/mol. The smallest absolute Gasteiger partial charge is 0.308 e. The molecule has 1 N–H and O–H groups in total. The fraction of sp³-hybridized carbons (Fsp3) is 0.886. The van der Waals surface area contributed by atoms with E-state index in [9.17, 15) is 19.2 Å². The number of amides is 1. The van der Waals surface area contributed by atoms with Crippen LogP contribution in [0.5, 0.6) is 0 Å². The average Bonchev–Trinajstić information content (AvgIpc) is 3.59. The molecule has 0 aromatic rings. The predicted molar refractivity (Wildman–Crippen MR) is 353 cm³/mol. The van der Waals surface area contributed by atoms with Crippen LogP contribution in [0.2, 0.25) is 0 Å². The third-order valence-corrected chi connectivity index (χ3v) is 14.3. The van der Waals surface area contributed by atoms with E-state index >= 15 is 0 Å². The topological polar surface area (TPSA) is 219 Å². The number of methoxy groups -OCH3 is 1. The average molecular weight is 1290 g/mol. The second kappa shape index (κ2) is 76.7. The maximum absolute atomic E-state index is 13.3. The van der Waals surface area contributed by atoms with Crippen molar-refractivity contribution in [2.45, 2.75) is 219 Å². The predicted octanol–water partition coefficient (Wildman–Crippen LogP) is 12.2. The van der Waals surface area contributed by atoms with E-state index in [-0.39, 0.29) is 45.7 Å². The second-order valence-corrected chi connectivity index (χ2v) is 22.4. The van der Waals surface area contributed by atoms with Crippen LogP contribution in [0.4, 0.5) is 0 Å². The zero-order valence-corrected chi connectivity index (χ0v) is 57.2. The molecule has 0 aromatic carbocycles. The highest BCUT2D eigenvalue weighted by molar-refractivity contribution is 5.93. The molecular weight excluding hydrogens is 1160 g/mol. The first-order valence-corrected chi connectivity index (χ1v) is 35.3. The van der Waals surface area contributed by atoms with Gasteiger partial charge in [-0.05, 0) is 64.2 Å². The third kappa shape index (κ3) is 72.5. The van der Waals surface area contributed by atoms with E-state index < -0.39 is 29.7 Å². The quantitative estimate of drug-likeness (QED) is 0.0340. The Hall–Kier alpha value is -2.96. The number of unbranched alkanes of at least 4 members (excludes halogenated alkanes) is 24. The zero-order chi connectivity index (χ0) is 65.0. The van der Waals surface area contributed by atoms with Gasteiger partial charge in [-0.2, -0.15) is 0 Å². The Bertz CT molecular complexity index is 1560. The van der Waals surface area contributed by atoms with Gasteiger partial charge in [0.1, 0.15) is 19.3 Å². The molecule has 0 aliphatic rings. The number of carbonyl (C=O) groups is 4. The highest BCUT2D eigenvalue weighted by Gasteiger charge is 2.25. The summed E-state index contributed by atoms with van der Waals surface area (Å²) in [5.41, 5.74) is 0. The number of hydrogen-bond donors (Lipinski definition) is 1. The molecule has 530 valence electrons. The summed E-state index contributed by atoms with van der Waals surface area (Å²) in [6, 6.07) is -1.12. The summed E-state index contributed by atoms with van der Waals surface area (Å²) in [5, 5.41) is 2.66. The molecule has 0 aromatic heterocycles. The lowest BCUT2D eigenvalue weighted by Gasteiger charge is -2.17. The first-order valence-electron chi connectivity index (χ1n) is 35.3. The minimum atomic E-state index is -1.12. The van der Waals surface area contributed by atoms with Crippen LogP contribution in [0.3, 0.4) is 0 Å². The molecule has 1 atom stereocenters. The van der Waals surface area contributed by atoms with Crippen molar-refractivity contribution < 1.29 is 90.2 Å². The molecule has 0 rings (SSSR count). The van der Waals surface area contributed by atoms with Crippen LogP contribution >= 0.6 is 0 Å². The van der Waals surface area contributed by atoms with Gasteiger partial charge in [-0.15, -0.1) is 0 Å². The van der Waals surface area contributed by atoms with Gasteiger partial charge in [0, 0.05) is 20.1 Å². The Morgan fingerprint density at radius 1 is 0.300 bits per heavy atom. The maximum Gasteiger partial charge on any atom is 0.308 e. The second-order valence-electron chi connectivity index (χ2n) is 22.4. The summed E-state index contributed by atoms with van der Waals surface area (Å²) < 4.78 is 81.7. The number of nitrogens with one attached hydrogen (secondary N) is 1. The molecule has 0 saturated heterocycles. The van der Waals surface area contributed by atoms with E-state index in [1.54, 1.807) is 7.11 Å². The molecule has 1 amide bonds. The Kier molecular flexibility index (Phi) is 74.2. The molecule has 20 nitrogen and oxygen atoms in total. The lowest BCUT2D eigenvalue weighted by Crippen LogP contribution is -2.44. The first-order chi connectivity index (χ1) is 44.4. The van der Waals surface area contributed by atoms with Gasteiger partial charge < -0.3 is 76.4 Å². The van der Waals surface area contributed by atoms with Crippen molar-refractivity contribution in [1.29, 1.82) is 0 Å². The Balaban J connectivity index is 4.13. The van der Waals surface area contributed by atoms with Crippen LogP contribution in [0.1, 0.15) is 213 Å². The van der Waals surface area contributed by atoms with Crippen molar-refractivity contribution in [3.63, 3.8) is 0 Å². The van der Waals surface area contributed by atoms with E-state index in [0.29, 0.717) is 152 Å². The Labute approximate surface area is 545 Å². The van der Waals surface area contributed by atoms with Crippen molar-refractivity contribution in [3.05, 3.63) is 24.3 Å². The van der Waals surface area contributed by atoms with Crippen LogP contribution in [0, 0.1) is 0 Å². The highest BCUT2D eigenvalue weighted by atomic mass is 16.6. The molecule has 0 spiro atoms. The van der Waals surface area contributed by atoms with Crippen LogP contribution < -0.4 is 5.32 Å². The lowest BCUT2D eigenvalue weighted by atomic mass is 10.1. The van der Waals surface area contributed by atoms with Crippen LogP contribution in [-0.4, -0.2) is 215 Å². The molecule has 0 aliphatic heterocycles. The van der Waals surface area contributed by atoms with Crippen molar-refractivity contribution in [2.75, 3.05) is 185 Å². The normalized spacial score (nSPS) is 12.0. The molecule has 0 fully saturated rings. The number of ether oxygens (including phenoxy) is 15. The lowest BCUT2D eigenvalue weighted by molar-refractivity contribution is -0.148. The highest BCUT2D eigenvalue weighted by Crippen LogP contribution is 2.13. The molecule has 0 aliphatic carbocycles. The fourth-order valence-electron chi connectivity index (χ4n) is 8.94. The number of allylic oxidation sites excluding steroid dienone is 4. The number of hydrogen-bond acceptors (Lipinski definition) is 19. The van der Waals surface area contributed by atoms with Gasteiger partial charge in [-0.3, -0.25) is 19.2 Å². The number of rotatable bonds is 77. The number of ketones is 1. The van der Waals surface area contributed by atoms with Crippen molar-refractivity contribution >= 4 is 23.6 Å². The summed E-state index contributed by atoms with van der Waals surface area (Å²) >= 11 is 0. The number of Topliss-reactive ketones (excluding diaryl/α,β-unsaturated/α-hetero) is 1. The van der Waals surface area contributed by atoms with Crippen molar-refractivity contribution in [1.82, 2.24) is 5.32 Å². The molecule has 20 heteroatoms. The van der Waals surface area contributed by atoms with Gasteiger partial charge in [-0.1, -0.05) is 154 Å². The number of carbonyl (C=O) groups excluding carboxylic acids is 4. The van der Waals surface area contributed by atoms with Gasteiger partial charge >= 0.3 is 11.9 Å².